The summed E-state index contributed by atoms with van der Waals surface area (Å²) in [5, 5.41) is 0. The van der Waals surface area contributed by atoms with Gasteiger partial charge in [-0.25, -0.2) is 0 Å². The summed E-state index contributed by atoms with van der Waals surface area (Å²) < 4.78 is 4.70. The summed E-state index contributed by atoms with van der Waals surface area (Å²) in [6.07, 6.45) is 9.54. The summed E-state index contributed by atoms with van der Waals surface area (Å²) in [5.41, 5.74) is 11.7. The monoisotopic (exact) mass is 754 g/mol. The van der Waals surface area contributed by atoms with E-state index in [0.717, 1.165) is 8.95 Å². The van der Waals surface area contributed by atoms with E-state index in [1.54, 1.807) is 14.3 Å². The number of rotatable bonds is 4. The molecule has 4 aromatic carbocycles. The van der Waals surface area contributed by atoms with Crippen molar-refractivity contribution in [3.8, 4) is 11.1 Å². The zero-order chi connectivity index (χ0) is 29.8. The summed E-state index contributed by atoms with van der Waals surface area (Å²) in [7, 11) is 0. The van der Waals surface area contributed by atoms with E-state index in [-0.39, 0.29) is 10.8 Å². The summed E-state index contributed by atoms with van der Waals surface area (Å²) in [6, 6.07) is 32.9. The normalized spacial score (nSPS) is 14.8. The molecule has 4 aromatic rings. The van der Waals surface area contributed by atoms with Crippen LogP contribution in [0.25, 0.3) is 11.1 Å². The molecule has 6 rings (SSSR count). The zero-order valence-electron chi connectivity index (χ0n) is 25.3. The molecule has 0 unspecified atom stereocenters. The third kappa shape index (κ3) is 5.79. The van der Waals surface area contributed by atoms with Crippen LogP contribution in [-0.4, -0.2) is 3.21 Å². The molecule has 212 valence electrons. The molecule has 0 aromatic heterocycles. The van der Waals surface area contributed by atoms with Crippen molar-refractivity contribution in [2.75, 3.05) is 0 Å². The van der Waals surface area contributed by atoms with E-state index in [1.165, 1.54) is 33.4 Å². The first-order valence-corrected chi connectivity index (χ1v) is 20.5. The van der Waals surface area contributed by atoms with Crippen molar-refractivity contribution < 1.29 is 21.3 Å². The van der Waals surface area contributed by atoms with E-state index >= 15 is 0 Å². The van der Waals surface area contributed by atoms with Gasteiger partial charge in [0, 0.05) is 0 Å². The van der Waals surface area contributed by atoms with Gasteiger partial charge in [0.25, 0.3) is 0 Å². The van der Waals surface area contributed by atoms with Crippen LogP contribution in [0.15, 0.2) is 118 Å². The van der Waals surface area contributed by atoms with Crippen LogP contribution in [0.2, 0.25) is 3.63 Å². The van der Waals surface area contributed by atoms with Gasteiger partial charge in [0.2, 0.25) is 0 Å². The van der Waals surface area contributed by atoms with Crippen molar-refractivity contribution in [1.29, 1.82) is 0 Å². The van der Waals surface area contributed by atoms with Gasteiger partial charge in [-0.15, -0.1) is 0 Å². The van der Waals surface area contributed by atoms with Gasteiger partial charge >= 0.3 is 279 Å². The minimum absolute atomic E-state index is 0.0889. The fourth-order valence-electron chi connectivity index (χ4n) is 6.41. The maximum absolute atomic E-state index is 3.70. The second-order valence-electron chi connectivity index (χ2n) is 13.7. The summed E-state index contributed by atoms with van der Waals surface area (Å²) in [6.45, 7) is 14.0. The molecular formula is C39H38Br2Zr. The predicted octanol–water partition coefficient (Wildman–Crippen LogP) is 11.7. The number of hydrogen-bond donors (Lipinski definition) is 0. The number of allylic oxidation sites excluding steroid dienone is 4. The van der Waals surface area contributed by atoms with Crippen molar-refractivity contribution in [1.82, 2.24) is 0 Å². The molecule has 2 aliphatic rings. The van der Waals surface area contributed by atoms with E-state index in [2.05, 4.69) is 183 Å². The molecule has 0 N–H and O–H groups in total. The van der Waals surface area contributed by atoms with E-state index in [9.17, 15) is 0 Å². The van der Waals surface area contributed by atoms with Gasteiger partial charge in [-0.1, -0.05) is 0 Å². The van der Waals surface area contributed by atoms with Crippen molar-refractivity contribution in [2.24, 2.45) is 0 Å². The quantitative estimate of drug-likeness (QED) is 0.194. The SMILES string of the molecule is CC(C)(C)c1ccc2c(c1)[CH]([Zr](=[C](c1ccc(Br)cc1)c1ccc(Br)cc1)[CH]1C=CC=C1)c1cc(C(C)(C)C)ccc1-2. The Kier molecular flexibility index (Phi) is 8.27. The molecule has 0 saturated carbocycles. The van der Waals surface area contributed by atoms with Crippen molar-refractivity contribution in [3.63, 3.8) is 0 Å². The van der Waals surface area contributed by atoms with Gasteiger partial charge in [-0.2, -0.15) is 0 Å². The van der Waals surface area contributed by atoms with Crippen LogP contribution in [0.5, 0.6) is 0 Å². The predicted molar refractivity (Wildman–Crippen MR) is 185 cm³/mol. The third-order valence-electron chi connectivity index (χ3n) is 8.72. The van der Waals surface area contributed by atoms with E-state index in [4.69, 9.17) is 0 Å². The molecular weight excluding hydrogens is 719 g/mol. The molecule has 3 heteroatoms. The van der Waals surface area contributed by atoms with Crippen LogP contribution < -0.4 is 0 Å². The standard InChI is InChI=1S/C21H25.C13H8Br2.C5H5.Zr/c1-20(2,3)16-7-9-18-14(12-16)11-15-13-17(21(4,5)6)8-10-19(15)18;14-12-5-1-10(2-6-12)9-11-3-7-13(15)8-4-11;1-2-4-5-3-1;/h7-13H,1-6H3;1-8H;1-5H;. The number of fused-ring (bicyclic) bond motifs is 3. The van der Waals surface area contributed by atoms with Gasteiger partial charge in [0.15, 0.2) is 0 Å². The molecule has 0 amide bonds. The molecule has 0 bridgehead atoms. The Morgan fingerprint density at radius 2 is 0.976 bits per heavy atom. The van der Waals surface area contributed by atoms with Crippen LogP contribution in [-0.2, 0) is 32.1 Å². The van der Waals surface area contributed by atoms with Crippen LogP contribution >= 0.6 is 31.9 Å². The Morgan fingerprint density at radius 3 is 1.36 bits per heavy atom. The van der Waals surface area contributed by atoms with E-state index < -0.39 is 21.3 Å². The Balaban J connectivity index is 1.74. The summed E-state index contributed by atoms with van der Waals surface area (Å²) >= 11 is 4.71. The fraction of sp³-hybridized carbons (Fsp3) is 0.256. The second-order valence-corrected chi connectivity index (χ2v) is 22.0. The third-order valence-corrected chi connectivity index (χ3v) is 18.4. The first kappa shape index (κ1) is 30.1. The zero-order valence-corrected chi connectivity index (χ0v) is 30.9. The number of halogens is 2. The van der Waals surface area contributed by atoms with Gasteiger partial charge in [0.1, 0.15) is 0 Å². The van der Waals surface area contributed by atoms with Crippen molar-refractivity contribution >= 4 is 35.1 Å². The van der Waals surface area contributed by atoms with Crippen molar-refractivity contribution in [2.45, 2.75) is 59.6 Å². The molecule has 2 aliphatic carbocycles. The average molecular weight is 758 g/mol. The topological polar surface area (TPSA) is 0 Å². The molecule has 0 nitrogen and oxygen atoms in total. The maximum atomic E-state index is 3.70. The van der Waals surface area contributed by atoms with Crippen LogP contribution in [0.3, 0.4) is 0 Å². The van der Waals surface area contributed by atoms with Crippen LogP contribution in [0.4, 0.5) is 0 Å². The molecule has 0 fully saturated rings. The molecule has 0 spiro atoms. The first-order valence-electron chi connectivity index (χ1n) is 14.8. The summed E-state index contributed by atoms with van der Waals surface area (Å²) in [5.74, 6) is 0. The molecule has 0 atom stereocenters. The fourth-order valence-corrected chi connectivity index (χ4v) is 16.3. The molecule has 0 saturated heterocycles. The average Bonchev–Trinajstić information content (AvgIpc) is 3.58. The van der Waals surface area contributed by atoms with Gasteiger partial charge in [-0.05, 0) is 0 Å². The first-order chi connectivity index (χ1) is 19.9. The van der Waals surface area contributed by atoms with Crippen LogP contribution in [0.1, 0.15) is 78.5 Å². The van der Waals surface area contributed by atoms with Crippen LogP contribution in [0, 0.1) is 0 Å². The minimum atomic E-state index is -2.70. The van der Waals surface area contributed by atoms with Gasteiger partial charge < -0.3 is 0 Å². The molecule has 0 aliphatic heterocycles. The molecule has 42 heavy (non-hydrogen) atoms. The Labute approximate surface area is 276 Å². The van der Waals surface area contributed by atoms with Gasteiger partial charge in [-0.3, -0.25) is 0 Å². The van der Waals surface area contributed by atoms with Gasteiger partial charge in [0.05, 0.1) is 0 Å². The summed E-state index contributed by atoms with van der Waals surface area (Å²) in [4.78, 5) is 0. The Bertz CT molecular complexity index is 1620. The number of hydrogen-bond acceptors (Lipinski definition) is 0. The van der Waals surface area contributed by atoms with Crippen molar-refractivity contribution in [3.05, 3.63) is 152 Å². The Hall–Kier alpha value is -1.93. The molecule has 0 heterocycles. The molecule has 0 radical (unpaired) electrons. The van der Waals surface area contributed by atoms with E-state index in [1.807, 2.05) is 0 Å². The number of benzene rings is 4. The second kappa shape index (κ2) is 11.5. The Morgan fingerprint density at radius 1 is 0.571 bits per heavy atom. The van der Waals surface area contributed by atoms with E-state index in [0.29, 0.717) is 7.25 Å².